The van der Waals surface area contributed by atoms with Crippen LogP contribution < -0.4 is 5.32 Å². The highest BCUT2D eigenvalue weighted by atomic mass is 16.5. The van der Waals surface area contributed by atoms with E-state index in [4.69, 9.17) is 4.74 Å². The van der Waals surface area contributed by atoms with Gasteiger partial charge in [0.2, 0.25) is 5.91 Å². The number of ether oxygens (including phenoxy) is 1. The van der Waals surface area contributed by atoms with Crippen molar-refractivity contribution in [3.8, 4) is 0 Å². The summed E-state index contributed by atoms with van der Waals surface area (Å²) in [6.45, 7) is 0.203. The number of hydrogen-bond donors (Lipinski definition) is 1. The fourth-order valence-corrected chi connectivity index (χ4v) is 1.64. The quantitative estimate of drug-likeness (QED) is 0.721. The third-order valence-corrected chi connectivity index (χ3v) is 2.50. The second kappa shape index (κ2) is 4.79. The first-order valence-electron chi connectivity index (χ1n) is 5.25. The molecule has 1 N–H and O–H groups in total. The topological polar surface area (TPSA) is 55.4 Å². The van der Waals surface area contributed by atoms with Crippen molar-refractivity contribution in [3.05, 3.63) is 35.9 Å². The van der Waals surface area contributed by atoms with Crippen LogP contribution in [0, 0.1) is 0 Å². The maximum absolute atomic E-state index is 11.4. The zero-order valence-corrected chi connectivity index (χ0v) is 8.81. The molecule has 4 heteroatoms. The first-order chi connectivity index (χ1) is 7.75. The molecule has 0 bridgehead atoms. The highest BCUT2D eigenvalue weighted by molar-refractivity contribution is 5.82. The molecule has 0 radical (unpaired) electrons. The monoisotopic (exact) mass is 219 g/mol. The SMILES string of the molecule is O=C1CCC(=O)OCC(c2ccccc2)N1. The number of nitrogens with one attached hydrogen (secondary N) is 1. The Balaban J connectivity index is 2.13. The molecule has 84 valence electrons. The molecule has 1 heterocycles. The van der Waals surface area contributed by atoms with Crippen LogP contribution in [-0.4, -0.2) is 18.5 Å². The normalized spacial score (nSPS) is 21.6. The van der Waals surface area contributed by atoms with Gasteiger partial charge in [0.25, 0.3) is 0 Å². The van der Waals surface area contributed by atoms with E-state index in [9.17, 15) is 9.59 Å². The fourth-order valence-electron chi connectivity index (χ4n) is 1.64. The number of carbonyl (C=O) groups excluding carboxylic acids is 2. The molecular weight excluding hydrogens is 206 g/mol. The highest BCUT2D eigenvalue weighted by Gasteiger charge is 2.20. The Kier molecular flexibility index (Phi) is 3.19. The molecule has 1 aliphatic rings. The minimum Gasteiger partial charge on any atom is -0.463 e. The van der Waals surface area contributed by atoms with Crippen LogP contribution >= 0.6 is 0 Å². The average Bonchev–Trinajstić information content (AvgIpc) is 2.31. The molecule has 1 unspecified atom stereocenters. The van der Waals surface area contributed by atoms with E-state index in [2.05, 4.69) is 5.32 Å². The Morgan fingerprint density at radius 1 is 1.12 bits per heavy atom. The summed E-state index contributed by atoms with van der Waals surface area (Å²) in [6.07, 6.45) is 0.357. The van der Waals surface area contributed by atoms with Crippen LogP contribution in [0.2, 0.25) is 0 Å². The van der Waals surface area contributed by atoms with Crippen molar-refractivity contribution < 1.29 is 14.3 Å². The highest BCUT2D eigenvalue weighted by Crippen LogP contribution is 2.15. The second-order valence-electron chi connectivity index (χ2n) is 3.71. The molecule has 0 spiro atoms. The van der Waals surface area contributed by atoms with E-state index in [-0.39, 0.29) is 37.4 Å². The molecular formula is C12H13NO3. The van der Waals surface area contributed by atoms with Crippen LogP contribution in [0.5, 0.6) is 0 Å². The minimum absolute atomic E-state index is 0.106. The Hall–Kier alpha value is -1.84. The third kappa shape index (κ3) is 2.59. The van der Waals surface area contributed by atoms with E-state index in [1.165, 1.54) is 0 Å². The fraction of sp³-hybridized carbons (Fsp3) is 0.333. The maximum Gasteiger partial charge on any atom is 0.306 e. The van der Waals surface area contributed by atoms with Gasteiger partial charge < -0.3 is 10.1 Å². The van der Waals surface area contributed by atoms with E-state index in [0.29, 0.717) is 0 Å². The molecule has 0 aromatic heterocycles. The molecule has 1 atom stereocenters. The molecule has 4 nitrogen and oxygen atoms in total. The Morgan fingerprint density at radius 3 is 2.62 bits per heavy atom. The van der Waals surface area contributed by atoms with Crippen molar-refractivity contribution in [2.24, 2.45) is 0 Å². The Labute approximate surface area is 93.6 Å². The summed E-state index contributed by atoms with van der Waals surface area (Å²) in [6, 6.07) is 9.25. The molecule has 1 amide bonds. The summed E-state index contributed by atoms with van der Waals surface area (Å²) in [5.74, 6) is -0.415. The van der Waals surface area contributed by atoms with Crippen LogP contribution in [0.1, 0.15) is 24.4 Å². The summed E-state index contributed by atoms with van der Waals surface area (Å²) in [5.41, 5.74) is 0.950. The van der Waals surface area contributed by atoms with Gasteiger partial charge in [0.15, 0.2) is 0 Å². The number of rotatable bonds is 1. The van der Waals surface area contributed by atoms with Gasteiger partial charge in [0, 0.05) is 6.42 Å². The van der Waals surface area contributed by atoms with E-state index >= 15 is 0 Å². The van der Waals surface area contributed by atoms with Gasteiger partial charge in [-0.05, 0) is 5.56 Å². The van der Waals surface area contributed by atoms with Gasteiger partial charge in [-0.1, -0.05) is 30.3 Å². The van der Waals surface area contributed by atoms with Crippen LogP contribution in [0.3, 0.4) is 0 Å². The lowest BCUT2D eigenvalue weighted by Crippen LogP contribution is -2.34. The predicted molar refractivity (Wildman–Crippen MR) is 57.5 cm³/mol. The smallest absolute Gasteiger partial charge is 0.306 e. The number of carbonyl (C=O) groups is 2. The summed E-state index contributed by atoms with van der Waals surface area (Å²) in [4.78, 5) is 22.6. The van der Waals surface area contributed by atoms with Crippen molar-refractivity contribution in [1.29, 1.82) is 0 Å². The molecule has 1 aromatic rings. The molecule has 1 aliphatic heterocycles. The second-order valence-corrected chi connectivity index (χ2v) is 3.71. The number of cyclic esters (lactones) is 1. The van der Waals surface area contributed by atoms with E-state index in [1.807, 2.05) is 30.3 Å². The van der Waals surface area contributed by atoms with Gasteiger partial charge in [-0.25, -0.2) is 0 Å². The van der Waals surface area contributed by atoms with Crippen LogP contribution in [-0.2, 0) is 14.3 Å². The van der Waals surface area contributed by atoms with Gasteiger partial charge in [0.1, 0.15) is 6.61 Å². The van der Waals surface area contributed by atoms with E-state index in [1.54, 1.807) is 0 Å². The molecule has 0 aliphatic carbocycles. The number of amides is 1. The first kappa shape index (κ1) is 10.7. The molecule has 16 heavy (non-hydrogen) atoms. The first-order valence-corrected chi connectivity index (χ1v) is 5.25. The zero-order chi connectivity index (χ0) is 11.4. The van der Waals surface area contributed by atoms with Gasteiger partial charge in [-0.2, -0.15) is 0 Å². The van der Waals surface area contributed by atoms with Crippen molar-refractivity contribution in [2.45, 2.75) is 18.9 Å². The number of esters is 1. The summed E-state index contributed by atoms with van der Waals surface area (Å²) in [5, 5.41) is 2.84. The maximum atomic E-state index is 11.4. The summed E-state index contributed by atoms with van der Waals surface area (Å²) < 4.78 is 5.04. The lowest BCUT2D eigenvalue weighted by atomic mass is 10.1. The van der Waals surface area contributed by atoms with Crippen molar-refractivity contribution in [3.63, 3.8) is 0 Å². The molecule has 1 saturated heterocycles. The third-order valence-electron chi connectivity index (χ3n) is 2.50. The Morgan fingerprint density at radius 2 is 1.88 bits per heavy atom. The van der Waals surface area contributed by atoms with Crippen molar-refractivity contribution in [2.75, 3.05) is 6.61 Å². The number of hydrogen-bond acceptors (Lipinski definition) is 3. The largest absolute Gasteiger partial charge is 0.463 e. The molecule has 0 saturated carbocycles. The summed E-state index contributed by atoms with van der Waals surface area (Å²) >= 11 is 0. The van der Waals surface area contributed by atoms with Gasteiger partial charge in [0.05, 0.1) is 12.5 Å². The zero-order valence-electron chi connectivity index (χ0n) is 8.81. The molecule has 1 fully saturated rings. The van der Waals surface area contributed by atoms with E-state index in [0.717, 1.165) is 5.56 Å². The average molecular weight is 219 g/mol. The van der Waals surface area contributed by atoms with Crippen molar-refractivity contribution >= 4 is 11.9 Å². The van der Waals surface area contributed by atoms with Gasteiger partial charge in [-0.3, -0.25) is 9.59 Å². The van der Waals surface area contributed by atoms with Crippen LogP contribution in [0.15, 0.2) is 30.3 Å². The van der Waals surface area contributed by atoms with Crippen LogP contribution in [0.25, 0.3) is 0 Å². The Bertz CT molecular complexity index is 389. The van der Waals surface area contributed by atoms with Gasteiger partial charge in [-0.15, -0.1) is 0 Å². The van der Waals surface area contributed by atoms with Crippen LogP contribution in [0.4, 0.5) is 0 Å². The minimum atomic E-state index is -0.309. The number of benzene rings is 1. The lowest BCUT2D eigenvalue weighted by Gasteiger charge is -2.21. The lowest BCUT2D eigenvalue weighted by molar-refractivity contribution is -0.148. The summed E-state index contributed by atoms with van der Waals surface area (Å²) in [7, 11) is 0. The van der Waals surface area contributed by atoms with E-state index < -0.39 is 0 Å². The van der Waals surface area contributed by atoms with Gasteiger partial charge >= 0.3 is 5.97 Å². The predicted octanol–water partition coefficient (Wildman–Crippen LogP) is 1.18. The molecule has 2 rings (SSSR count). The van der Waals surface area contributed by atoms with Crippen molar-refractivity contribution in [1.82, 2.24) is 5.32 Å². The molecule has 1 aromatic carbocycles. The standard InChI is InChI=1S/C12H13NO3/c14-11-6-7-12(15)16-8-10(13-11)9-4-2-1-3-5-9/h1-5,10H,6-8H2,(H,13,14).